The van der Waals surface area contributed by atoms with Crippen LogP contribution in [0.15, 0.2) is 89.2 Å². The fraction of sp³-hybridized carbons (Fsp3) is 0.148. The molecule has 0 aliphatic carbocycles. The quantitative estimate of drug-likeness (QED) is 0.257. The maximum atomic E-state index is 13.6. The number of benzene rings is 3. The maximum Gasteiger partial charge on any atom is 0.255 e. The number of aryl methyl sites for hydroxylation is 1. The second-order valence-corrected chi connectivity index (χ2v) is 10.3. The zero-order valence-corrected chi connectivity index (χ0v) is 22.0. The van der Waals surface area contributed by atoms with Gasteiger partial charge in [-0.25, -0.2) is 4.68 Å². The SMILES string of the molecule is CC1=C(C(=O)Nc2ccccc2C)[C@H](c2ccc(Cl)cc2)n2nc(SCc3ccc(Cl)cc3)nc2N1. The number of para-hydroxylation sites is 1. The fourth-order valence-electron chi connectivity index (χ4n) is 4.07. The van der Waals surface area contributed by atoms with E-state index < -0.39 is 6.04 Å². The molecular weight excluding hydrogens is 513 g/mol. The Morgan fingerprint density at radius 2 is 1.67 bits per heavy atom. The van der Waals surface area contributed by atoms with Crippen LogP contribution < -0.4 is 10.6 Å². The summed E-state index contributed by atoms with van der Waals surface area (Å²) in [7, 11) is 0. The van der Waals surface area contributed by atoms with Crippen LogP contribution in [-0.2, 0) is 10.5 Å². The number of hydrogen-bond acceptors (Lipinski definition) is 5. The van der Waals surface area contributed by atoms with Gasteiger partial charge in [0, 0.05) is 27.2 Å². The van der Waals surface area contributed by atoms with Crippen LogP contribution in [0.5, 0.6) is 0 Å². The molecule has 3 aromatic carbocycles. The molecule has 0 bridgehead atoms. The van der Waals surface area contributed by atoms with Crippen LogP contribution in [0.2, 0.25) is 10.0 Å². The molecule has 1 amide bonds. The Hall–Kier alpha value is -3.26. The van der Waals surface area contributed by atoms with E-state index in [0.717, 1.165) is 28.1 Å². The second-order valence-electron chi connectivity index (χ2n) is 8.46. The van der Waals surface area contributed by atoms with Crippen molar-refractivity contribution in [1.29, 1.82) is 0 Å². The molecule has 0 saturated carbocycles. The predicted molar refractivity (Wildman–Crippen MR) is 147 cm³/mol. The first-order chi connectivity index (χ1) is 17.4. The van der Waals surface area contributed by atoms with Gasteiger partial charge in [0.25, 0.3) is 5.91 Å². The van der Waals surface area contributed by atoms with E-state index >= 15 is 0 Å². The van der Waals surface area contributed by atoms with Crippen molar-refractivity contribution in [3.05, 3.63) is 111 Å². The first-order valence-electron chi connectivity index (χ1n) is 11.3. The molecule has 0 spiro atoms. The number of nitrogens with one attached hydrogen (secondary N) is 2. The highest BCUT2D eigenvalue weighted by atomic mass is 35.5. The average Bonchev–Trinajstić information content (AvgIpc) is 3.27. The number of aromatic nitrogens is 3. The summed E-state index contributed by atoms with van der Waals surface area (Å²) in [6.45, 7) is 3.85. The number of carbonyl (C=O) groups is 1. The van der Waals surface area contributed by atoms with Crippen molar-refractivity contribution in [2.24, 2.45) is 0 Å². The molecule has 1 atom stereocenters. The summed E-state index contributed by atoms with van der Waals surface area (Å²) < 4.78 is 1.77. The van der Waals surface area contributed by atoms with Crippen LogP contribution in [0, 0.1) is 6.92 Å². The normalized spacial score (nSPS) is 14.8. The number of anilines is 2. The molecule has 0 saturated heterocycles. The fourth-order valence-corrected chi connectivity index (χ4v) is 5.11. The molecule has 4 aromatic rings. The third kappa shape index (κ3) is 5.14. The van der Waals surface area contributed by atoms with Gasteiger partial charge in [0.1, 0.15) is 6.04 Å². The van der Waals surface area contributed by atoms with Gasteiger partial charge in [-0.1, -0.05) is 77.4 Å². The monoisotopic (exact) mass is 535 g/mol. The minimum Gasteiger partial charge on any atom is -0.328 e. The van der Waals surface area contributed by atoms with Crippen molar-refractivity contribution >= 4 is 52.5 Å². The van der Waals surface area contributed by atoms with Gasteiger partial charge in [-0.2, -0.15) is 4.98 Å². The van der Waals surface area contributed by atoms with Crippen LogP contribution in [0.1, 0.15) is 29.7 Å². The summed E-state index contributed by atoms with van der Waals surface area (Å²) in [4.78, 5) is 18.3. The molecular formula is C27H23Cl2N5OS. The minimum atomic E-state index is -0.472. The highest BCUT2D eigenvalue weighted by Gasteiger charge is 2.34. The summed E-state index contributed by atoms with van der Waals surface area (Å²) in [6.07, 6.45) is 0. The zero-order valence-electron chi connectivity index (χ0n) is 19.6. The molecule has 36 heavy (non-hydrogen) atoms. The lowest BCUT2D eigenvalue weighted by atomic mass is 9.95. The number of carbonyl (C=O) groups excluding carboxylic acids is 1. The van der Waals surface area contributed by atoms with Crippen LogP contribution in [0.4, 0.5) is 11.6 Å². The van der Waals surface area contributed by atoms with E-state index in [9.17, 15) is 4.79 Å². The van der Waals surface area contributed by atoms with E-state index in [2.05, 4.69) is 10.6 Å². The summed E-state index contributed by atoms with van der Waals surface area (Å²) in [5, 5.41) is 13.1. The molecule has 6 nitrogen and oxygen atoms in total. The smallest absolute Gasteiger partial charge is 0.255 e. The number of nitrogens with zero attached hydrogens (tertiary/aromatic N) is 3. The zero-order chi connectivity index (χ0) is 25.2. The lowest BCUT2D eigenvalue weighted by Gasteiger charge is -2.28. The van der Waals surface area contributed by atoms with Crippen molar-refractivity contribution in [3.63, 3.8) is 0 Å². The first kappa shape index (κ1) is 24.4. The van der Waals surface area contributed by atoms with Crippen molar-refractivity contribution in [2.45, 2.75) is 30.8 Å². The Morgan fingerprint density at radius 1 is 1.00 bits per heavy atom. The largest absolute Gasteiger partial charge is 0.328 e. The molecule has 0 unspecified atom stereocenters. The molecule has 2 N–H and O–H groups in total. The van der Waals surface area contributed by atoms with Gasteiger partial charge in [-0.3, -0.25) is 4.79 Å². The standard InChI is InChI=1S/C27H23Cl2N5OS/c1-16-5-3-4-6-22(16)31-25(35)23-17(2)30-26-32-27(36-15-18-7-11-20(28)12-8-18)33-34(26)24(23)19-9-13-21(29)14-10-19/h3-14,24H,15H2,1-2H3,(H,31,35)(H,30,32,33)/t24-/m0/s1. The molecule has 1 aromatic heterocycles. The number of amides is 1. The molecule has 0 radical (unpaired) electrons. The average molecular weight is 536 g/mol. The van der Waals surface area contributed by atoms with Gasteiger partial charge in [0.05, 0.1) is 5.57 Å². The summed E-state index contributed by atoms with van der Waals surface area (Å²) in [5.74, 6) is 1.07. The third-order valence-corrected chi connectivity index (χ3v) is 7.35. The number of allylic oxidation sites excluding steroid dienone is 1. The number of hydrogen-bond donors (Lipinski definition) is 2. The molecule has 0 fully saturated rings. The molecule has 2 heterocycles. The maximum absolute atomic E-state index is 13.6. The van der Waals surface area contributed by atoms with Gasteiger partial charge in [0.2, 0.25) is 11.1 Å². The number of halogens is 2. The molecule has 9 heteroatoms. The Morgan fingerprint density at radius 3 is 2.36 bits per heavy atom. The second kappa shape index (κ2) is 10.4. The highest BCUT2D eigenvalue weighted by Crippen LogP contribution is 2.37. The Kier molecular flexibility index (Phi) is 7.05. The predicted octanol–water partition coefficient (Wildman–Crippen LogP) is 7.11. The number of thioether (sulfide) groups is 1. The van der Waals surface area contributed by atoms with Crippen molar-refractivity contribution < 1.29 is 4.79 Å². The lowest BCUT2D eigenvalue weighted by Crippen LogP contribution is -2.31. The Labute approximate surface area is 223 Å². The van der Waals surface area contributed by atoms with E-state index in [1.165, 1.54) is 11.8 Å². The van der Waals surface area contributed by atoms with E-state index in [0.29, 0.717) is 32.5 Å². The summed E-state index contributed by atoms with van der Waals surface area (Å²) in [6, 6.07) is 22.4. The van der Waals surface area contributed by atoms with Crippen molar-refractivity contribution in [1.82, 2.24) is 14.8 Å². The summed E-state index contributed by atoms with van der Waals surface area (Å²) in [5.41, 5.74) is 5.03. The van der Waals surface area contributed by atoms with E-state index in [1.807, 2.05) is 86.6 Å². The van der Waals surface area contributed by atoms with Gasteiger partial charge >= 0.3 is 0 Å². The van der Waals surface area contributed by atoms with E-state index in [-0.39, 0.29) is 5.91 Å². The van der Waals surface area contributed by atoms with E-state index in [4.69, 9.17) is 33.3 Å². The van der Waals surface area contributed by atoms with Crippen molar-refractivity contribution in [3.8, 4) is 0 Å². The molecule has 1 aliphatic heterocycles. The van der Waals surface area contributed by atoms with Crippen LogP contribution in [-0.4, -0.2) is 20.7 Å². The molecule has 1 aliphatic rings. The highest BCUT2D eigenvalue weighted by molar-refractivity contribution is 7.98. The number of rotatable bonds is 6. The third-order valence-electron chi connectivity index (χ3n) is 5.94. The van der Waals surface area contributed by atoms with Gasteiger partial charge in [-0.05, 0) is 60.9 Å². The van der Waals surface area contributed by atoms with Gasteiger partial charge < -0.3 is 10.6 Å². The van der Waals surface area contributed by atoms with Crippen LogP contribution in [0.3, 0.4) is 0 Å². The Balaban J connectivity index is 1.48. The van der Waals surface area contributed by atoms with Crippen LogP contribution >= 0.6 is 35.0 Å². The van der Waals surface area contributed by atoms with Crippen LogP contribution in [0.25, 0.3) is 0 Å². The molecule has 182 valence electrons. The van der Waals surface area contributed by atoms with Gasteiger partial charge in [-0.15, -0.1) is 5.10 Å². The minimum absolute atomic E-state index is 0.203. The first-order valence-corrected chi connectivity index (χ1v) is 13.1. The van der Waals surface area contributed by atoms with E-state index in [1.54, 1.807) is 4.68 Å². The topological polar surface area (TPSA) is 71.8 Å². The Bertz CT molecular complexity index is 1450. The lowest BCUT2D eigenvalue weighted by molar-refractivity contribution is -0.113. The number of fused-ring (bicyclic) bond motifs is 1. The van der Waals surface area contributed by atoms with Gasteiger partial charge in [0.15, 0.2) is 0 Å². The summed E-state index contributed by atoms with van der Waals surface area (Å²) >= 11 is 13.7. The van der Waals surface area contributed by atoms with Crippen molar-refractivity contribution in [2.75, 3.05) is 10.6 Å². The molecule has 5 rings (SSSR count).